The summed E-state index contributed by atoms with van der Waals surface area (Å²) >= 11 is 0. The topological polar surface area (TPSA) is 71.3 Å². The fourth-order valence-electron chi connectivity index (χ4n) is 2.74. The molecule has 0 bridgehead atoms. The fraction of sp³-hybridized carbons (Fsp3) is 0.250. The number of carbonyl (C=O) groups excluding carboxylic acids is 1. The molecule has 1 heterocycles. The Morgan fingerprint density at radius 1 is 1.04 bits per heavy atom. The van der Waals surface area contributed by atoms with Crippen LogP contribution in [0.15, 0.2) is 52.9 Å². The summed E-state index contributed by atoms with van der Waals surface area (Å²) in [7, 11) is 1.84. The van der Waals surface area contributed by atoms with Crippen LogP contribution in [-0.2, 0) is 11.3 Å². The molecule has 1 N–H and O–H groups in total. The minimum absolute atomic E-state index is 0.0762. The minimum atomic E-state index is -0.0762. The third-order valence-corrected chi connectivity index (χ3v) is 4.05. The van der Waals surface area contributed by atoms with E-state index in [9.17, 15) is 4.79 Å². The molecule has 6 heteroatoms. The number of hydrogen-bond donors (Lipinski definition) is 1. The van der Waals surface area contributed by atoms with Gasteiger partial charge in [-0.15, -0.1) is 10.2 Å². The van der Waals surface area contributed by atoms with Gasteiger partial charge in [0.1, 0.15) is 0 Å². The smallest absolute Gasteiger partial charge is 0.247 e. The minimum Gasteiger partial charge on any atom is -0.419 e. The number of para-hydroxylation sites is 1. The predicted molar refractivity (Wildman–Crippen MR) is 101 cm³/mol. The SMILES string of the molecule is Cc1cccc(C)c1NC(=O)CN(C)Cc1nnc(-c2ccccc2)o1. The fourth-order valence-corrected chi connectivity index (χ4v) is 2.74. The number of anilines is 1. The second-order valence-electron chi connectivity index (χ2n) is 6.35. The van der Waals surface area contributed by atoms with Crippen LogP contribution >= 0.6 is 0 Å². The second-order valence-corrected chi connectivity index (χ2v) is 6.35. The molecule has 1 aromatic heterocycles. The molecule has 0 aliphatic heterocycles. The van der Waals surface area contributed by atoms with Crippen molar-refractivity contribution in [2.75, 3.05) is 18.9 Å². The highest BCUT2D eigenvalue weighted by atomic mass is 16.4. The molecule has 26 heavy (non-hydrogen) atoms. The van der Waals surface area contributed by atoms with Gasteiger partial charge in [-0.25, -0.2) is 0 Å². The number of aromatic nitrogens is 2. The Labute approximate surface area is 152 Å². The van der Waals surface area contributed by atoms with Crippen molar-refractivity contribution in [2.45, 2.75) is 20.4 Å². The van der Waals surface area contributed by atoms with Gasteiger partial charge in [0.25, 0.3) is 0 Å². The first-order valence-electron chi connectivity index (χ1n) is 8.45. The predicted octanol–water partition coefficient (Wildman–Crippen LogP) is 3.42. The lowest BCUT2D eigenvalue weighted by atomic mass is 10.1. The quantitative estimate of drug-likeness (QED) is 0.737. The summed E-state index contributed by atoms with van der Waals surface area (Å²) in [5, 5.41) is 11.1. The lowest BCUT2D eigenvalue weighted by Crippen LogP contribution is -2.30. The summed E-state index contributed by atoms with van der Waals surface area (Å²) in [4.78, 5) is 14.2. The van der Waals surface area contributed by atoms with Crippen LogP contribution < -0.4 is 5.32 Å². The van der Waals surface area contributed by atoms with Gasteiger partial charge in [0.15, 0.2) is 0 Å². The highest BCUT2D eigenvalue weighted by molar-refractivity contribution is 5.93. The van der Waals surface area contributed by atoms with Crippen molar-refractivity contribution < 1.29 is 9.21 Å². The van der Waals surface area contributed by atoms with Gasteiger partial charge in [-0.2, -0.15) is 0 Å². The van der Waals surface area contributed by atoms with Gasteiger partial charge in [0.05, 0.1) is 13.1 Å². The molecule has 0 radical (unpaired) electrons. The molecule has 6 nitrogen and oxygen atoms in total. The van der Waals surface area contributed by atoms with Gasteiger partial charge in [-0.05, 0) is 44.2 Å². The van der Waals surface area contributed by atoms with Gasteiger partial charge >= 0.3 is 0 Å². The van der Waals surface area contributed by atoms with Crippen LogP contribution in [0.1, 0.15) is 17.0 Å². The third-order valence-electron chi connectivity index (χ3n) is 4.05. The van der Waals surface area contributed by atoms with E-state index in [4.69, 9.17) is 4.42 Å². The van der Waals surface area contributed by atoms with Crippen LogP contribution in [0.4, 0.5) is 5.69 Å². The molecule has 0 saturated carbocycles. The second kappa shape index (κ2) is 7.93. The van der Waals surface area contributed by atoms with E-state index in [0.29, 0.717) is 18.3 Å². The van der Waals surface area contributed by atoms with Gasteiger partial charge in [-0.1, -0.05) is 36.4 Å². The molecule has 0 aliphatic rings. The number of hydrogen-bond acceptors (Lipinski definition) is 5. The van der Waals surface area contributed by atoms with Crippen molar-refractivity contribution >= 4 is 11.6 Å². The van der Waals surface area contributed by atoms with Crippen molar-refractivity contribution in [3.63, 3.8) is 0 Å². The third kappa shape index (κ3) is 4.34. The largest absolute Gasteiger partial charge is 0.419 e. The molecule has 134 valence electrons. The molecular formula is C20H22N4O2. The lowest BCUT2D eigenvalue weighted by molar-refractivity contribution is -0.117. The van der Waals surface area contributed by atoms with Gasteiger partial charge in [-0.3, -0.25) is 9.69 Å². The summed E-state index contributed by atoms with van der Waals surface area (Å²) in [6, 6.07) is 15.5. The van der Waals surface area contributed by atoms with E-state index >= 15 is 0 Å². The van der Waals surface area contributed by atoms with Crippen LogP contribution in [0, 0.1) is 13.8 Å². The van der Waals surface area contributed by atoms with Crippen molar-refractivity contribution in [2.24, 2.45) is 0 Å². The maximum atomic E-state index is 12.3. The zero-order valence-corrected chi connectivity index (χ0v) is 15.2. The molecular weight excluding hydrogens is 328 g/mol. The number of rotatable bonds is 6. The van der Waals surface area contributed by atoms with Gasteiger partial charge in [0.2, 0.25) is 17.7 Å². The average molecular weight is 350 g/mol. The number of aryl methyl sites for hydroxylation is 2. The normalized spacial score (nSPS) is 10.9. The molecule has 0 fully saturated rings. The number of amides is 1. The van der Waals surface area contributed by atoms with Crippen molar-refractivity contribution in [1.29, 1.82) is 0 Å². The Morgan fingerprint density at radius 2 is 1.73 bits per heavy atom. The van der Waals surface area contributed by atoms with Crippen LogP contribution in [0.25, 0.3) is 11.5 Å². The van der Waals surface area contributed by atoms with Gasteiger partial charge in [0, 0.05) is 11.3 Å². The van der Waals surface area contributed by atoms with E-state index in [2.05, 4.69) is 15.5 Å². The molecule has 0 aliphatic carbocycles. The Balaban J connectivity index is 1.58. The number of nitrogens with one attached hydrogen (secondary N) is 1. The van der Waals surface area contributed by atoms with Crippen LogP contribution in [0.2, 0.25) is 0 Å². The highest BCUT2D eigenvalue weighted by Crippen LogP contribution is 2.20. The van der Waals surface area contributed by atoms with Gasteiger partial charge < -0.3 is 9.73 Å². The van der Waals surface area contributed by atoms with E-state index in [1.807, 2.05) is 74.3 Å². The first kappa shape index (κ1) is 17.8. The maximum Gasteiger partial charge on any atom is 0.247 e. The Kier molecular flexibility index (Phi) is 5.43. The summed E-state index contributed by atoms with van der Waals surface area (Å²) < 4.78 is 5.68. The highest BCUT2D eigenvalue weighted by Gasteiger charge is 2.14. The number of carbonyl (C=O) groups is 1. The van der Waals surface area contributed by atoms with Crippen LogP contribution in [-0.4, -0.2) is 34.6 Å². The molecule has 0 atom stereocenters. The van der Waals surface area contributed by atoms with E-state index in [-0.39, 0.29) is 12.5 Å². The first-order valence-corrected chi connectivity index (χ1v) is 8.45. The average Bonchev–Trinajstić information content (AvgIpc) is 3.07. The molecule has 0 saturated heterocycles. The summed E-state index contributed by atoms with van der Waals surface area (Å²) in [5.74, 6) is 0.882. The standard InChI is InChI=1S/C20H22N4O2/c1-14-8-7-9-15(2)19(14)21-17(25)12-24(3)13-18-22-23-20(26-18)16-10-5-4-6-11-16/h4-11H,12-13H2,1-3H3,(H,21,25). The zero-order chi connectivity index (χ0) is 18.5. The Hall–Kier alpha value is -2.99. The summed E-state index contributed by atoms with van der Waals surface area (Å²) in [6.45, 7) is 4.60. The molecule has 3 rings (SSSR count). The van der Waals surface area contributed by atoms with Crippen molar-refractivity contribution in [3.05, 3.63) is 65.5 Å². The van der Waals surface area contributed by atoms with E-state index < -0.39 is 0 Å². The van der Waals surface area contributed by atoms with Crippen LogP contribution in [0.5, 0.6) is 0 Å². The van der Waals surface area contributed by atoms with E-state index in [1.54, 1.807) is 0 Å². The number of benzene rings is 2. The maximum absolute atomic E-state index is 12.3. The molecule has 1 amide bonds. The van der Waals surface area contributed by atoms with Crippen molar-refractivity contribution in [3.8, 4) is 11.5 Å². The lowest BCUT2D eigenvalue weighted by Gasteiger charge is -2.16. The zero-order valence-electron chi connectivity index (χ0n) is 15.2. The monoisotopic (exact) mass is 350 g/mol. The first-order chi connectivity index (χ1) is 12.5. The van der Waals surface area contributed by atoms with Crippen molar-refractivity contribution in [1.82, 2.24) is 15.1 Å². The summed E-state index contributed by atoms with van der Waals surface area (Å²) in [6.07, 6.45) is 0. The molecule has 0 spiro atoms. The van der Waals surface area contributed by atoms with Crippen LogP contribution in [0.3, 0.4) is 0 Å². The summed E-state index contributed by atoms with van der Waals surface area (Å²) in [5.41, 5.74) is 3.84. The Bertz CT molecular complexity index is 870. The Morgan fingerprint density at radius 3 is 2.42 bits per heavy atom. The number of nitrogens with zero attached hydrogens (tertiary/aromatic N) is 3. The molecule has 0 unspecified atom stereocenters. The molecule has 3 aromatic rings. The number of likely N-dealkylation sites (N-methyl/N-ethyl adjacent to an activating group) is 1. The van der Waals surface area contributed by atoms with E-state index in [1.165, 1.54) is 0 Å². The van der Waals surface area contributed by atoms with E-state index in [0.717, 1.165) is 22.4 Å². The molecule has 2 aromatic carbocycles.